The van der Waals surface area contributed by atoms with E-state index < -0.39 is 0 Å². The second kappa shape index (κ2) is 5.58. The van der Waals surface area contributed by atoms with Crippen LogP contribution in [0.25, 0.3) is 0 Å². The van der Waals surface area contributed by atoms with Crippen molar-refractivity contribution in [3.05, 3.63) is 22.9 Å². The van der Waals surface area contributed by atoms with Gasteiger partial charge in [0.25, 0.3) is 0 Å². The zero-order valence-electron chi connectivity index (χ0n) is 11.2. The molecule has 1 saturated heterocycles. The SMILES string of the molecule is N#Cc1cc2c(nc1NCC1CCCCN1)CCC2. The van der Waals surface area contributed by atoms with Crippen molar-refractivity contribution in [1.82, 2.24) is 10.3 Å². The molecule has 2 heterocycles. The molecule has 0 aromatic carbocycles. The van der Waals surface area contributed by atoms with Crippen molar-refractivity contribution in [1.29, 1.82) is 5.26 Å². The van der Waals surface area contributed by atoms with Gasteiger partial charge >= 0.3 is 0 Å². The van der Waals surface area contributed by atoms with Crippen molar-refractivity contribution >= 4 is 5.82 Å². The van der Waals surface area contributed by atoms with Crippen LogP contribution < -0.4 is 10.6 Å². The van der Waals surface area contributed by atoms with E-state index in [2.05, 4.69) is 21.7 Å². The number of nitrogens with one attached hydrogen (secondary N) is 2. The molecule has 0 spiro atoms. The van der Waals surface area contributed by atoms with Gasteiger partial charge in [0.1, 0.15) is 11.9 Å². The summed E-state index contributed by atoms with van der Waals surface area (Å²) in [6.07, 6.45) is 7.07. The number of fused-ring (bicyclic) bond motifs is 1. The van der Waals surface area contributed by atoms with E-state index in [4.69, 9.17) is 0 Å². The van der Waals surface area contributed by atoms with Gasteiger partial charge in [-0.1, -0.05) is 6.42 Å². The molecule has 100 valence electrons. The van der Waals surface area contributed by atoms with E-state index in [1.54, 1.807) is 0 Å². The number of nitriles is 1. The minimum Gasteiger partial charge on any atom is -0.367 e. The maximum absolute atomic E-state index is 9.24. The Labute approximate surface area is 114 Å². The van der Waals surface area contributed by atoms with Crippen LogP contribution in [0, 0.1) is 11.3 Å². The Bertz CT molecular complexity index is 498. The van der Waals surface area contributed by atoms with Gasteiger partial charge in [0.05, 0.1) is 5.56 Å². The van der Waals surface area contributed by atoms with Gasteiger partial charge < -0.3 is 10.6 Å². The van der Waals surface area contributed by atoms with Gasteiger partial charge in [-0.05, 0) is 50.3 Å². The number of rotatable bonds is 3. The lowest BCUT2D eigenvalue weighted by molar-refractivity contribution is 0.414. The van der Waals surface area contributed by atoms with Crippen molar-refractivity contribution in [2.75, 3.05) is 18.4 Å². The average Bonchev–Trinajstić information content (AvgIpc) is 2.92. The Morgan fingerprint density at radius 2 is 2.32 bits per heavy atom. The van der Waals surface area contributed by atoms with Gasteiger partial charge in [-0.15, -0.1) is 0 Å². The predicted octanol–water partition coefficient (Wildman–Crippen LogP) is 2.00. The van der Waals surface area contributed by atoms with E-state index in [0.29, 0.717) is 11.6 Å². The van der Waals surface area contributed by atoms with Crippen molar-refractivity contribution in [3.63, 3.8) is 0 Å². The molecule has 0 saturated carbocycles. The van der Waals surface area contributed by atoms with Gasteiger partial charge in [0, 0.05) is 18.3 Å². The number of hydrogen-bond donors (Lipinski definition) is 2. The number of piperidine rings is 1. The molecule has 1 atom stereocenters. The fourth-order valence-corrected chi connectivity index (χ4v) is 3.01. The highest BCUT2D eigenvalue weighted by Gasteiger charge is 2.17. The van der Waals surface area contributed by atoms with Crippen LogP contribution in [0.3, 0.4) is 0 Å². The number of anilines is 1. The molecule has 0 radical (unpaired) electrons. The smallest absolute Gasteiger partial charge is 0.144 e. The molecular formula is C15H20N4. The Hall–Kier alpha value is -1.60. The maximum Gasteiger partial charge on any atom is 0.144 e. The summed E-state index contributed by atoms with van der Waals surface area (Å²) in [6, 6.07) is 4.80. The second-order valence-corrected chi connectivity index (χ2v) is 5.48. The van der Waals surface area contributed by atoms with E-state index in [1.165, 1.54) is 36.9 Å². The molecular weight excluding hydrogens is 236 g/mol. The van der Waals surface area contributed by atoms with Gasteiger partial charge in [-0.2, -0.15) is 5.26 Å². The first-order chi connectivity index (χ1) is 9.36. The van der Waals surface area contributed by atoms with E-state index >= 15 is 0 Å². The fraction of sp³-hybridized carbons (Fsp3) is 0.600. The molecule has 1 fully saturated rings. The summed E-state index contributed by atoms with van der Waals surface area (Å²) in [6.45, 7) is 1.97. The minimum atomic E-state index is 0.510. The highest BCUT2D eigenvalue weighted by atomic mass is 15.0. The topological polar surface area (TPSA) is 60.7 Å². The largest absolute Gasteiger partial charge is 0.367 e. The summed E-state index contributed by atoms with van der Waals surface area (Å²) in [4.78, 5) is 4.65. The van der Waals surface area contributed by atoms with Gasteiger partial charge in [0.15, 0.2) is 0 Å². The Morgan fingerprint density at radius 3 is 3.11 bits per heavy atom. The van der Waals surface area contributed by atoms with E-state index in [0.717, 1.165) is 31.7 Å². The van der Waals surface area contributed by atoms with Gasteiger partial charge in [-0.25, -0.2) is 4.98 Å². The highest BCUT2D eigenvalue weighted by molar-refractivity contribution is 5.55. The highest BCUT2D eigenvalue weighted by Crippen LogP contribution is 2.25. The molecule has 0 bridgehead atoms. The molecule has 1 aromatic heterocycles. The lowest BCUT2D eigenvalue weighted by Crippen LogP contribution is -2.39. The Balaban J connectivity index is 1.71. The van der Waals surface area contributed by atoms with Crippen LogP contribution >= 0.6 is 0 Å². The summed E-state index contributed by atoms with van der Waals surface area (Å²) in [5.74, 6) is 0.774. The first kappa shape index (κ1) is 12.4. The molecule has 4 heteroatoms. The van der Waals surface area contributed by atoms with Crippen LogP contribution in [-0.2, 0) is 12.8 Å². The molecule has 2 aliphatic rings. The molecule has 0 amide bonds. The third-order valence-corrected chi connectivity index (χ3v) is 4.10. The summed E-state index contributed by atoms with van der Waals surface area (Å²) in [5, 5.41) is 16.1. The molecule has 1 unspecified atom stereocenters. The standard InChI is InChI=1S/C15H20N4/c16-9-12-8-11-4-3-6-14(11)19-15(12)18-10-13-5-1-2-7-17-13/h8,13,17H,1-7,10H2,(H,18,19). The van der Waals surface area contributed by atoms with Crippen LogP contribution in [0.15, 0.2) is 6.07 Å². The van der Waals surface area contributed by atoms with E-state index in [9.17, 15) is 5.26 Å². The quantitative estimate of drug-likeness (QED) is 0.868. The Kier molecular flexibility index (Phi) is 3.65. The van der Waals surface area contributed by atoms with Crippen LogP contribution in [0.2, 0.25) is 0 Å². The molecule has 1 aliphatic heterocycles. The number of aryl methyl sites for hydroxylation is 2. The zero-order chi connectivity index (χ0) is 13.1. The van der Waals surface area contributed by atoms with Crippen LogP contribution in [-0.4, -0.2) is 24.1 Å². The van der Waals surface area contributed by atoms with Crippen LogP contribution in [0.1, 0.15) is 42.5 Å². The molecule has 2 N–H and O–H groups in total. The lowest BCUT2D eigenvalue weighted by Gasteiger charge is -2.24. The van der Waals surface area contributed by atoms with E-state index in [-0.39, 0.29) is 0 Å². The summed E-state index contributed by atoms with van der Waals surface area (Å²) >= 11 is 0. The fourth-order valence-electron chi connectivity index (χ4n) is 3.01. The monoisotopic (exact) mass is 256 g/mol. The molecule has 19 heavy (non-hydrogen) atoms. The van der Waals surface area contributed by atoms with Crippen molar-refractivity contribution in [2.24, 2.45) is 0 Å². The normalized spacial score (nSPS) is 21.7. The predicted molar refractivity (Wildman–Crippen MR) is 75.1 cm³/mol. The summed E-state index contributed by atoms with van der Waals surface area (Å²) in [5.41, 5.74) is 3.13. The second-order valence-electron chi connectivity index (χ2n) is 5.48. The first-order valence-corrected chi connectivity index (χ1v) is 7.27. The molecule has 1 aliphatic carbocycles. The number of pyridine rings is 1. The van der Waals surface area contributed by atoms with Crippen molar-refractivity contribution in [2.45, 2.75) is 44.6 Å². The number of aromatic nitrogens is 1. The van der Waals surface area contributed by atoms with Crippen LogP contribution in [0.4, 0.5) is 5.82 Å². The maximum atomic E-state index is 9.24. The van der Waals surface area contributed by atoms with Crippen molar-refractivity contribution in [3.8, 4) is 6.07 Å². The number of nitrogens with zero attached hydrogens (tertiary/aromatic N) is 2. The molecule has 3 rings (SSSR count). The number of hydrogen-bond acceptors (Lipinski definition) is 4. The van der Waals surface area contributed by atoms with Gasteiger partial charge in [-0.3, -0.25) is 0 Å². The van der Waals surface area contributed by atoms with Gasteiger partial charge in [0.2, 0.25) is 0 Å². The third-order valence-electron chi connectivity index (χ3n) is 4.10. The van der Waals surface area contributed by atoms with E-state index in [1.807, 2.05) is 6.07 Å². The first-order valence-electron chi connectivity index (χ1n) is 7.27. The molecule has 4 nitrogen and oxygen atoms in total. The Morgan fingerprint density at radius 1 is 1.37 bits per heavy atom. The lowest BCUT2D eigenvalue weighted by atomic mass is 10.1. The molecule has 1 aromatic rings. The summed E-state index contributed by atoms with van der Waals surface area (Å²) in [7, 11) is 0. The average molecular weight is 256 g/mol. The third kappa shape index (κ3) is 2.71. The zero-order valence-corrected chi connectivity index (χ0v) is 11.2. The minimum absolute atomic E-state index is 0.510. The van der Waals surface area contributed by atoms with Crippen molar-refractivity contribution < 1.29 is 0 Å². The summed E-state index contributed by atoms with van der Waals surface area (Å²) < 4.78 is 0. The van der Waals surface area contributed by atoms with Crippen LogP contribution in [0.5, 0.6) is 0 Å².